The van der Waals surface area contributed by atoms with Crippen molar-refractivity contribution in [2.75, 3.05) is 13.3 Å². The van der Waals surface area contributed by atoms with E-state index in [9.17, 15) is 4.79 Å². The molecular formula is C17H16N2O4. The van der Waals surface area contributed by atoms with Crippen molar-refractivity contribution in [3.63, 3.8) is 0 Å². The summed E-state index contributed by atoms with van der Waals surface area (Å²) in [6.07, 6.45) is 3.22. The minimum absolute atomic E-state index is 0.0251. The van der Waals surface area contributed by atoms with Gasteiger partial charge in [0.25, 0.3) is 0 Å². The van der Waals surface area contributed by atoms with Gasteiger partial charge in [0, 0.05) is 18.2 Å². The van der Waals surface area contributed by atoms with Gasteiger partial charge in [-0.15, -0.1) is 6.58 Å². The first kappa shape index (κ1) is 13.9. The summed E-state index contributed by atoms with van der Waals surface area (Å²) in [7, 11) is 0. The molecule has 0 bridgehead atoms. The van der Waals surface area contributed by atoms with E-state index in [0.29, 0.717) is 23.7 Å². The topological polar surface area (TPSA) is 73.6 Å². The number of nitrogens with one attached hydrogen (secondary N) is 1. The van der Waals surface area contributed by atoms with Crippen molar-refractivity contribution in [2.24, 2.45) is 0 Å². The molecule has 0 unspecified atom stereocenters. The van der Waals surface area contributed by atoms with Gasteiger partial charge in [-0.05, 0) is 31.0 Å². The van der Waals surface area contributed by atoms with Crippen LogP contribution in [0.3, 0.4) is 0 Å². The van der Waals surface area contributed by atoms with Gasteiger partial charge in [0.05, 0.1) is 11.1 Å². The Kier molecular flexibility index (Phi) is 3.11. The largest absolute Gasteiger partial charge is 0.454 e. The molecule has 0 saturated heterocycles. The first-order valence-corrected chi connectivity index (χ1v) is 7.49. The van der Waals surface area contributed by atoms with Crippen LogP contribution in [0, 0.1) is 0 Å². The maximum atomic E-state index is 12.3. The molecule has 1 fully saturated rings. The highest BCUT2D eigenvalue weighted by molar-refractivity contribution is 5.91. The third-order valence-corrected chi connectivity index (χ3v) is 4.25. The second-order valence-electron chi connectivity index (χ2n) is 5.73. The number of hydrogen-bond donors (Lipinski definition) is 1. The molecule has 1 aliphatic heterocycles. The van der Waals surface area contributed by atoms with Gasteiger partial charge in [-0.1, -0.05) is 11.2 Å². The van der Waals surface area contributed by atoms with Crippen LogP contribution in [-0.2, 0) is 10.2 Å². The molecule has 0 radical (unpaired) electrons. The number of aromatic nitrogens is 1. The highest BCUT2D eigenvalue weighted by Crippen LogP contribution is 2.48. The SMILES string of the molecule is C=CCNC(=O)C1(c2cc(-c3ccc4c(c3)OCO4)on2)CC1. The molecule has 6 heteroatoms. The lowest BCUT2D eigenvalue weighted by atomic mass is 10.0. The summed E-state index contributed by atoms with van der Waals surface area (Å²) in [4.78, 5) is 12.3. The maximum Gasteiger partial charge on any atom is 0.232 e. The molecule has 1 aromatic heterocycles. The lowest BCUT2D eigenvalue weighted by Crippen LogP contribution is -2.34. The fourth-order valence-corrected chi connectivity index (χ4v) is 2.75. The Hall–Kier alpha value is -2.76. The molecule has 118 valence electrons. The van der Waals surface area contributed by atoms with E-state index in [1.54, 1.807) is 6.08 Å². The summed E-state index contributed by atoms with van der Waals surface area (Å²) in [6.45, 7) is 4.29. The van der Waals surface area contributed by atoms with Crippen LogP contribution in [-0.4, -0.2) is 24.4 Å². The van der Waals surface area contributed by atoms with Gasteiger partial charge in [0.15, 0.2) is 17.3 Å². The first-order valence-electron chi connectivity index (χ1n) is 7.49. The maximum absolute atomic E-state index is 12.3. The van der Waals surface area contributed by atoms with E-state index in [1.807, 2.05) is 24.3 Å². The molecule has 1 N–H and O–H groups in total. The van der Waals surface area contributed by atoms with Crippen molar-refractivity contribution >= 4 is 5.91 Å². The Labute approximate surface area is 133 Å². The van der Waals surface area contributed by atoms with Gasteiger partial charge in [0.2, 0.25) is 12.7 Å². The number of ether oxygens (including phenoxy) is 2. The van der Waals surface area contributed by atoms with Crippen molar-refractivity contribution < 1.29 is 18.8 Å². The van der Waals surface area contributed by atoms with Crippen LogP contribution in [0.1, 0.15) is 18.5 Å². The van der Waals surface area contributed by atoms with Crippen molar-refractivity contribution in [1.82, 2.24) is 10.5 Å². The second kappa shape index (κ2) is 5.15. The van der Waals surface area contributed by atoms with Gasteiger partial charge >= 0.3 is 0 Å². The van der Waals surface area contributed by atoms with E-state index in [-0.39, 0.29) is 12.7 Å². The zero-order chi connectivity index (χ0) is 15.9. The molecule has 1 saturated carbocycles. The van der Waals surface area contributed by atoms with E-state index in [4.69, 9.17) is 14.0 Å². The van der Waals surface area contributed by atoms with Crippen LogP contribution >= 0.6 is 0 Å². The van der Waals surface area contributed by atoms with E-state index in [1.165, 1.54) is 0 Å². The van der Waals surface area contributed by atoms with Gasteiger partial charge in [-0.2, -0.15) is 0 Å². The molecule has 0 spiro atoms. The van der Waals surface area contributed by atoms with Crippen LogP contribution < -0.4 is 14.8 Å². The highest BCUT2D eigenvalue weighted by Gasteiger charge is 2.53. The van der Waals surface area contributed by atoms with Gasteiger partial charge < -0.3 is 19.3 Å². The van der Waals surface area contributed by atoms with Crippen LogP contribution in [0.5, 0.6) is 11.5 Å². The Morgan fingerprint density at radius 3 is 2.91 bits per heavy atom. The molecule has 2 aromatic rings. The molecule has 6 nitrogen and oxygen atoms in total. The van der Waals surface area contributed by atoms with Crippen LogP contribution in [0.2, 0.25) is 0 Å². The van der Waals surface area contributed by atoms with Crippen molar-refractivity contribution in [3.05, 3.63) is 42.6 Å². The summed E-state index contributed by atoms with van der Waals surface area (Å²) in [5.74, 6) is 1.99. The van der Waals surface area contributed by atoms with Gasteiger partial charge in [-0.3, -0.25) is 4.79 Å². The lowest BCUT2D eigenvalue weighted by molar-refractivity contribution is -0.123. The number of nitrogens with zero attached hydrogens (tertiary/aromatic N) is 1. The van der Waals surface area contributed by atoms with Crippen molar-refractivity contribution in [2.45, 2.75) is 18.3 Å². The Balaban J connectivity index is 1.60. The molecule has 1 aliphatic carbocycles. The van der Waals surface area contributed by atoms with E-state index in [0.717, 1.165) is 24.2 Å². The van der Waals surface area contributed by atoms with Crippen LogP contribution in [0.25, 0.3) is 11.3 Å². The summed E-state index contributed by atoms with van der Waals surface area (Å²) in [6, 6.07) is 7.40. The molecule has 0 atom stereocenters. The molecule has 2 heterocycles. The zero-order valence-electron chi connectivity index (χ0n) is 12.5. The average Bonchev–Trinajstić information content (AvgIpc) is 3.02. The molecular weight excluding hydrogens is 296 g/mol. The number of benzene rings is 1. The number of rotatable bonds is 5. The average molecular weight is 312 g/mol. The smallest absolute Gasteiger partial charge is 0.232 e. The second-order valence-corrected chi connectivity index (χ2v) is 5.73. The van der Waals surface area contributed by atoms with Crippen LogP contribution in [0.15, 0.2) is 41.4 Å². The van der Waals surface area contributed by atoms with E-state index >= 15 is 0 Å². The number of hydrogen-bond acceptors (Lipinski definition) is 5. The summed E-state index contributed by atoms with van der Waals surface area (Å²) in [5.41, 5.74) is 0.961. The third-order valence-electron chi connectivity index (χ3n) is 4.25. The Morgan fingerprint density at radius 1 is 1.30 bits per heavy atom. The highest BCUT2D eigenvalue weighted by atomic mass is 16.7. The minimum atomic E-state index is -0.554. The van der Waals surface area contributed by atoms with Crippen LogP contribution in [0.4, 0.5) is 0 Å². The molecule has 1 amide bonds. The molecule has 1 aromatic carbocycles. The fraction of sp³-hybridized carbons (Fsp3) is 0.294. The zero-order valence-corrected chi connectivity index (χ0v) is 12.5. The summed E-state index contributed by atoms with van der Waals surface area (Å²) < 4.78 is 16.1. The normalized spacial score (nSPS) is 16.9. The minimum Gasteiger partial charge on any atom is -0.454 e. The number of carbonyl (C=O) groups excluding carboxylic acids is 1. The van der Waals surface area contributed by atoms with Crippen molar-refractivity contribution in [1.29, 1.82) is 0 Å². The predicted molar refractivity (Wildman–Crippen MR) is 82.2 cm³/mol. The van der Waals surface area contributed by atoms with Crippen molar-refractivity contribution in [3.8, 4) is 22.8 Å². The quantitative estimate of drug-likeness (QED) is 0.858. The number of amides is 1. The van der Waals surface area contributed by atoms with E-state index < -0.39 is 5.41 Å². The third kappa shape index (κ3) is 2.27. The molecule has 23 heavy (non-hydrogen) atoms. The predicted octanol–water partition coefficient (Wildman–Crippen LogP) is 2.40. The molecule has 2 aliphatic rings. The number of fused-ring (bicyclic) bond motifs is 1. The lowest BCUT2D eigenvalue weighted by Gasteiger charge is -2.10. The monoisotopic (exact) mass is 312 g/mol. The van der Waals surface area contributed by atoms with Gasteiger partial charge in [0.1, 0.15) is 0 Å². The molecule has 4 rings (SSSR count). The van der Waals surface area contributed by atoms with Gasteiger partial charge in [-0.25, -0.2) is 0 Å². The van der Waals surface area contributed by atoms with E-state index in [2.05, 4.69) is 17.1 Å². The first-order chi connectivity index (χ1) is 11.2. The number of carbonyl (C=O) groups is 1. The summed E-state index contributed by atoms with van der Waals surface area (Å²) in [5, 5.41) is 6.96. The summed E-state index contributed by atoms with van der Waals surface area (Å²) >= 11 is 0. The standard InChI is InChI=1S/C17H16N2O4/c1-2-7-18-16(20)17(5-6-17)15-9-13(23-19-15)11-3-4-12-14(8-11)22-10-21-12/h2-4,8-9H,1,5-7,10H2,(H,18,20). The fourth-order valence-electron chi connectivity index (χ4n) is 2.75. The Morgan fingerprint density at radius 2 is 2.13 bits per heavy atom. The Bertz CT molecular complexity index is 777.